The summed E-state index contributed by atoms with van der Waals surface area (Å²) in [5.41, 5.74) is 2.99. The largest absolute Gasteiger partial charge is 0.492 e. The number of halogens is 1. The molecular weight excluding hydrogens is 353 g/mol. The van der Waals surface area contributed by atoms with Crippen molar-refractivity contribution in [2.24, 2.45) is 0 Å². The van der Waals surface area contributed by atoms with Crippen LogP contribution in [0.3, 0.4) is 0 Å². The topological polar surface area (TPSA) is 47.0 Å². The van der Waals surface area contributed by atoms with E-state index in [9.17, 15) is 4.39 Å². The van der Waals surface area contributed by atoms with Gasteiger partial charge in [0.25, 0.3) is 0 Å². The minimum absolute atomic E-state index is 0.239. The lowest BCUT2D eigenvalue weighted by atomic mass is 10.1. The Kier molecular flexibility index (Phi) is 5.54. The maximum atomic E-state index is 13.1. The fourth-order valence-corrected chi connectivity index (χ4v) is 3.07. The van der Waals surface area contributed by atoms with Crippen molar-refractivity contribution in [1.82, 2.24) is 15.3 Å². The minimum Gasteiger partial charge on any atom is -0.492 e. The average Bonchev–Trinajstić information content (AvgIpc) is 2.74. The van der Waals surface area contributed by atoms with Crippen molar-refractivity contribution in [3.8, 4) is 16.9 Å². The second-order valence-electron chi connectivity index (χ2n) is 6.47. The van der Waals surface area contributed by atoms with Gasteiger partial charge in [0.1, 0.15) is 18.2 Å². The molecule has 0 aliphatic heterocycles. The van der Waals surface area contributed by atoms with E-state index in [-0.39, 0.29) is 5.82 Å². The van der Waals surface area contributed by atoms with E-state index in [1.165, 1.54) is 12.1 Å². The van der Waals surface area contributed by atoms with Crippen molar-refractivity contribution in [2.75, 3.05) is 13.2 Å². The van der Waals surface area contributed by atoms with Crippen molar-refractivity contribution in [2.45, 2.75) is 6.54 Å². The number of ether oxygens (including phenoxy) is 1. The molecule has 0 fully saturated rings. The van der Waals surface area contributed by atoms with Gasteiger partial charge in [-0.25, -0.2) is 4.39 Å². The number of hydrogen-bond donors (Lipinski definition) is 1. The second-order valence-corrected chi connectivity index (χ2v) is 6.47. The predicted molar refractivity (Wildman–Crippen MR) is 109 cm³/mol. The van der Waals surface area contributed by atoms with Crippen molar-refractivity contribution in [1.29, 1.82) is 0 Å². The van der Waals surface area contributed by atoms with E-state index in [2.05, 4.69) is 21.4 Å². The van der Waals surface area contributed by atoms with Crippen LogP contribution in [0.15, 0.2) is 79.4 Å². The molecule has 2 aromatic heterocycles. The zero-order valence-corrected chi connectivity index (χ0v) is 15.3. The van der Waals surface area contributed by atoms with Gasteiger partial charge in [-0.05, 0) is 41.5 Å². The number of pyridine rings is 2. The second kappa shape index (κ2) is 8.59. The summed E-state index contributed by atoms with van der Waals surface area (Å²) in [5.74, 6) is 0.624. The molecular formula is C23H20FN3O. The van der Waals surface area contributed by atoms with Gasteiger partial charge in [0.2, 0.25) is 0 Å². The number of nitrogens with zero attached hydrogens (tertiary/aromatic N) is 2. The Morgan fingerprint density at radius 2 is 1.79 bits per heavy atom. The summed E-state index contributed by atoms with van der Waals surface area (Å²) in [4.78, 5) is 8.43. The molecule has 0 atom stereocenters. The normalized spacial score (nSPS) is 10.9. The smallest absolute Gasteiger partial charge is 0.127 e. The lowest BCUT2D eigenvalue weighted by Gasteiger charge is -2.10. The number of nitrogens with one attached hydrogen (secondary N) is 1. The third-order valence-corrected chi connectivity index (χ3v) is 4.48. The molecule has 2 aromatic carbocycles. The van der Waals surface area contributed by atoms with Gasteiger partial charge in [-0.2, -0.15) is 0 Å². The molecule has 1 N–H and O–H groups in total. The quantitative estimate of drug-likeness (QED) is 0.481. The van der Waals surface area contributed by atoms with Crippen LogP contribution in [0, 0.1) is 5.82 Å². The Morgan fingerprint density at radius 1 is 0.893 bits per heavy atom. The van der Waals surface area contributed by atoms with Crippen LogP contribution in [0.1, 0.15) is 5.56 Å². The predicted octanol–water partition coefficient (Wildman–Crippen LogP) is 4.60. The number of aromatic nitrogens is 2. The molecule has 140 valence electrons. The number of rotatable bonds is 7. The molecule has 0 radical (unpaired) electrons. The van der Waals surface area contributed by atoms with Gasteiger partial charge in [0.15, 0.2) is 0 Å². The first-order valence-corrected chi connectivity index (χ1v) is 9.16. The van der Waals surface area contributed by atoms with E-state index in [1.807, 2.05) is 36.7 Å². The molecule has 4 nitrogen and oxygen atoms in total. The Labute approximate surface area is 163 Å². The molecule has 0 saturated heterocycles. The minimum atomic E-state index is -0.239. The van der Waals surface area contributed by atoms with Gasteiger partial charge in [-0.15, -0.1) is 0 Å². The highest BCUT2D eigenvalue weighted by Gasteiger charge is 2.03. The monoisotopic (exact) mass is 373 g/mol. The number of fused-ring (bicyclic) bond motifs is 1. The maximum Gasteiger partial charge on any atom is 0.127 e. The summed E-state index contributed by atoms with van der Waals surface area (Å²) in [6.45, 7) is 1.96. The summed E-state index contributed by atoms with van der Waals surface area (Å²) in [5, 5.41) is 5.50. The summed E-state index contributed by atoms with van der Waals surface area (Å²) < 4.78 is 19.0. The molecule has 0 amide bonds. The third kappa shape index (κ3) is 4.32. The molecule has 0 saturated carbocycles. The summed E-state index contributed by atoms with van der Waals surface area (Å²) >= 11 is 0. The maximum absolute atomic E-state index is 13.1. The molecule has 28 heavy (non-hydrogen) atoms. The van der Waals surface area contributed by atoms with E-state index in [4.69, 9.17) is 4.74 Å². The lowest BCUT2D eigenvalue weighted by molar-refractivity contribution is 0.317. The molecule has 0 unspecified atom stereocenters. The first-order valence-electron chi connectivity index (χ1n) is 9.16. The zero-order chi connectivity index (χ0) is 19.2. The zero-order valence-electron chi connectivity index (χ0n) is 15.3. The first kappa shape index (κ1) is 18.1. The van der Waals surface area contributed by atoms with Crippen molar-refractivity contribution >= 4 is 10.8 Å². The van der Waals surface area contributed by atoms with Gasteiger partial charge >= 0.3 is 0 Å². The van der Waals surface area contributed by atoms with Crippen LogP contribution in [-0.2, 0) is 6.54 Å². The van der Waals surface area contributed by atoms with Crippen molar-refractivity contribution < 1.29 is 9.13 Å². The molecule has 0 bridgehead atoms. The standard InChI is InChI=1S/C23H20FN3O/c24-21-6-4-18(5-7-21)20-12-17(14-27-16-20)13-26-10-11-28-23-3-1-2-19-15-25-9-8-22(19)23/h1-9,12,14-16,26H,10-11,13H2. The molecule has 0 aliphatic carbocycles. The van der Waals surface area contributed by atoms with Crippen LogP contribution >= 0.6 is 0 Å². The number of benzene rings is 2. The Bertz CT molecular complexity index is 1060. The molecule has 4 rings (SSSR count). The fraction of sp³-hybridized carbons (Fsp3) is 0.130. The third-order valence-electron chi connectivity index (χ3n) is 4.48. The fourth-order valence-electron chi connectivity index (χ4n) is 3.07. The van der Waals surface area contributed by atoms with E-state index in [1.54, 1.807) is 24.5 Å². The van der Waals surface area contributed by atoms with Crippen LogP contribution in [0.25, 0.3) is 21.9 Å². The lowest BCUT2D eigenvalue weighted by Crippen LogP contribution is -2.20. The van der Waals surface area contributed by atoms with Crippen LogP contribution < -0.4 is 10.1 Å². The Balaban J connectivity index is 1.31. The van der Waals surface area contributed by atoms with E-state index < -0.39 is 0 Å². The molecule has 2 heterocycles. The van der Waals surface area contributed by atoms with E-state index in [0.29, 0.717) is 19.7 Å². The summed E-state index contributed by atoms with van der Waals surface area (Å²) in [6, 6.07) is 16.4. The van der Waals surface area contributed by atoms with Gasteiger partial charge in [0.05, 0.1) is 0 Å². The SMILES string of the molecule is Fc1ccc(-c2cncc(CNCCOc3cccc4cnccc34)c2)cc1. The van der Waals surface area contributed by atoms with Crippen LogP contribution in [0.2, 0.25) is 0 Å². The Hall–Kier alpha value is -3.31. The van der Waals surface area contributed by atoms with Gasteiger partial charge < -0.3 is 10.1 Å². The highest BCUT2D eigenvalue weighted by atomic mass is 19.1. The highest BCUT2D eigenvalue weighted by Crippen LogP contribution is 2.24. The van der Waals surface area contributed by atoms with Crippen LogP contribution in [0.5, 0.6) is 5.75 Å². The number of hydrogen-bond acceptors (Lipinski definition) is 4. The van der Waals surface area contributed by atoms with Gasteiger partial charge in [-0.3, -0.25) is 9.97 Å². The van der Waals surface area contributed by atoms with Crippen LogP contribution in [-0.4, -0.2) is 23.1 Å². The molecule has 0 spiro atoms. The molecule has 4 aromatic rings. The van der Waals surface area contributed by atoms with Gasteiger partial charge in [-0.1, -0.05) is 24.3 Å². The summed E-state index contributed by atoms with van der Waals surface area (Å²) in [6.07, 6.45) is 7.23. The average molecular weight is 373 g/mol. The van der Waals surface area contributed by atoms with Crippen molar-refractivity contribution in [3.05, 3.63) is 90.8 Å². The molecule has 0 aliphatic rings. The van der Waals surface area contributed by atoms with Crippen LogP contribution in [0.4, 0.5) is 4.39 Å². The highest BCUT2D eigenvalue weighted by molar-refractivity contribution is 5.87. The van der Waals surface area contributed by atoms with E-state index >= 15 is 0 Å². The van der Waals surface area contributed by atoms with Gasteiger partial charge in [0, 0.05) is 54.2 Å². The Morgan fingerprint density at radius 3 is 2.68 bits per heavy atom. The first-order chi connectivity index (χ1) is 13.8. The van der Waals surface area contributed by atoms with E-state index in [0.717, 1.165) is 33.2 Å². The molecule has 5 heteroatoms. The van der Waals surface area contributed by atoms with Crippen molar-refractivity contribution in [3.63, 3.8) is 0 Å². The summed E-state index contributed by atoms with van der Waals surface area (Å²) in [7, 11) is 0.